The van der Waals surface area contributed by atoms with Gasteiger partial charge in [-0.1, -0.05) is 30.3 Å². The van der Waals surface area contributed by atoms with Crippen LogP contribution in [0.1, 0.15) is 20.7 Å². The topological polar surface area (TPSA) is 85.5 Å². The molecule has 0 fully saturated rings. The van der Waals surface area contributed by atoms with Crippen molar-refractivity contribution < 1.29 is 19.1 Å². The van der Waals surface area contributed by atoms with Gasteiger partial charge in [-0.15, -0.1) is 0 Å². The lowest BCUT2D eigenvalue weighted by atomic mass is 9.98. The predicted octanol–water partition coefficient (Wildman–Crippen LogP) is 1.62. The van der Waals surface area contributed by atoms with E-state index in [-0.39, 0.29) is 16.7 Å². The van der Waals surface area contributed by atoms with Gasteiger partial charge in [0.1, 0.15) is 0 Å². The molecule has 1 aromatic carbocycles. The summed E-state index contributed by atoms with van der Waals surface area (Å²) in [5.74, 6) is -1.51. The van der Waals surface area contributed by atoms with E-state index in [1.165, 1.54) is 14.2 Å². The molecule has 0 spiro atoms. The van der Waals surface area contributed by atoms with E-state index in [0.29, 0.717) is 5.56 Å². The minimum absolute atomic E-state index is 0.0530. The van der Waals surface area contributed by atoms with Gasteiger partial charge in [-0.05, 0) is 5.56 Å². The molecule has 6 heteroatoms. The van der Waals surface area contributed by atoms with Gasteiger partial charge in [0.15, 0.2) is 0 Å². The normalized spacial score (nSPS) is 10.0. The van der Waals surface area contributed by atoms with E-state index in [4.69, 9.17) is 0 Å². The largest absolute Gasteiger partial charge is 0.465 e. The Balaban J connectivity index is 2.82. The number of benzene rings is 1. The third kappa shape index (κ3) is 2.69. The summed E-state index contributed by atoms with van der Waals surface area (Å²) in [4.78, 5) is 38.4. The zero-order valence-corrected chi connectivity index (χ0v) is 11.5. The van der Waals surface area contributed by atoms with Crippen LogP contribution in [0.4, 0.5) is 0 Å². The summed E-state index contributed by atoms with van der Waals surface area (Å²) in [5, 5.41) is 0. The minimum atomic E-state index is -0.777. The number of esters is 2. The number of nitrogens with one attached hydrogen (secondary N) is 1. The van der Waals surface area contributed by atoms with Crippen molar-refractivity contribution in [2.24, 2.45) is 0 Å². The zero-order valence-electron chi connectivity index (χ0n) is 11.5. The predicted molar refractivity (Wildman–Crippen MR) is 75.2 cm³/mol. The van der Waals surface area contributed by atoms with E-state index in [1.54, 1.807) is 30.3 Å². The van der Waals surface area contributed by atoms with Crippen LogP contribution in [0.2, 0.25) is 0 Å². The number of aromatic amines is 1. The maximum atomic E-state index is 12.1. The van der Waals surface area contributed by atoms with E-state index in [2.05, 4.69) is 14.5 Å². The summed E-state index contributed by atoms with van der Waals surface area (Å²) in [6, 6.07) is 8.55. The first-order valence-electron chi connectivity index (χ1n) is 6.08. The Kier molecular flexibility index (Phi) is 4.18. The lowest BCUT2D eigenvalue weighted by Crippen LogP contribution is -2.21. The quantitative estimate of drug-likeness (QED) is 0.867. The fourth-order valence-electron chi connectivity index (χ4n) is 2.00. The van der Waals surface area contributed by atoms with Crippen molar-refractivity contribution in [1.82, 2.24) is 4.98 Å². The highest BCUT2D eigenvalue weighted by Crippen LogP contribution is 2.23. The van der Waals surface area contributed by atoms with Crippen molar-refractivity contribution in [3.8, 4) is 11.1 Å². The van der Waals surface area contributed by atoms with E-state index >= 15 is 0 Å². The summed E-state index contributed by atoms with van der Waals surface area (Å²) in [6.07, 6.45) is 1.15. The molecule has 0 saturated carbocycles. The van der Waals surface area contributed by atoms with E-state index in [1.807, 2.05) is 0 Å². The second-order valence-corrected chi connectivity index (χ2v) is 4.13. The van der Waals surface area contributed by atoms with Crippen molar-refractivity contribution in [2.75, 3.05) is 14.2 Å². The van der Waals surface area contributed by atoms with Gasteiger partial charge in [0.05, 0.1) is 30.9 Å². The number of rotatable bonds is 3. The van der Waals surface area contributed by atoms with E-state index in [0.717, 1.165) is 6.20 Å². The highest BCUT2D eigenvalue weighted by molar-refractivity contribution is 6.07. The SMILES string of the molecule is COC(=O)c1c[nH]c(=O)c(-c2ccccc2)c1C(=O)OC. The van der Waals surface area contributed by atoms with Crippen LogP contribution in [0.5, 0.6) is 0 Å². The number of H-pyrrole nitrogens is 1. The molecule has 0 bridgehead atoms. The maximum absolute atomic E-state index is 12.1. The highest BCUT2D eigenvalue weighted by atomic mass is 16.5. The fraction of sp³-hybridized carbons (Fsp3) is 0.133. The average molecular weight is 287 g/mol. The third-order valence-electron chi connectivity index (χ3n) is 2.95. The molecule has 2 aromatic rings. The van der Waals surface area contributed by atoms with Crippen LogP contribution in [0.25, 0.3) is 11.1 Å². The summed E-state index contributed by atoms with van der Waals surface area (Å²) in [7, 11) is 2.37. The molecule has 0 aliphatic carbocycles. The van der Waals surface area contributed by atoms with Crippen molar-refractivity contribution in [2.45, 2.75) is 0 Å². The molecule has 1 aromatic heterocycles. The van der Waals surface area contributed by atoms with Crippen molar-refractivity contribution in [1.29, 1.82) is 0 Å². The number of pyridine rings is 1. The van der Waals surface area contributed by atoms with Crippen LogP contribution in [-0.4, -0.2) is 31.1 Å². The molecule has 0 amide bonds. The zero-order chi connectivity index (χ0) is 15.4. The molecule has 0 aliphatic rings. The Morgan fingerprint density at radius 2 is 1.62 bits per heavy atom. The molecule has 0 unspecified atom stereocenters. The molecule has 0 saturated heterocycles. The Morgan fingerprint density at radius 3 is 2.19 bits per heavy atom. The van der Waals surface area contributed by atoms with Crippen molar-refractivity contribution in [3.05, 3.63) is 58.0 Å². The summed E-state index contributed by atoms with van der Waals surface area (Å²) in [6.45, 7) is 0. The molecule has 0 aliphatic heterocycles. The number of aromatic nitrogens is 1. The fourth-order valence-corrected chi connectivity index (χ4v) is 2.00. The van der Waals surface area contributed by atoms with Crippen LogP contribution in [-0.2, 0) is 9.47 Å². The van der Waals surface area contributed by atoms with Crippen molar-refractivity contribution >= 4 is 11.9 Å². The standard InChI is InChI=1S/C15H13NO5/c1-20-14(18)10-8-16-13(17)11(12(10)15(19)21-2)9-6-4-3-5-7-9/h3-8H,1-2H3,(H,16,17). The van der Waals surface area contributed by atoms with Gasteiger partial charge in [0.2, 0.25) is 0 Å². The first-order valence-corrected chi connectivity index (χ1v) is 6.08. The number of carbonyl (C=O) groups is 2. The van der Waals surface area contributed by atoms with Gasteiger partial charge in [0, 0.05) is 6.20 Å². The number of hydrogen-bond acceptors (Lipinski definition) is 5. The first kappa shape index (κ1) is 14.5. The van der Waals surface area contributed by atoms with Crippen LogP contribution >= 0.6 is 0 Å². The van der Waals surface area contributed by atoms with Gasteiger partial charge < -0.3 is 14.5 Å². The van der Waals surface area contributed by atoms with Crippen LogP contribution in [0, 0.1) is 0 Å². The summed E-state index contributed by atoms with van der Waals surface area (Å²) >= 11 is 0. The van der Waals surface area contributed by atoms with Gasteiger partial charge in [0.25, 0.3) is 5.56 Å². The monoisotopic (exact) mass is 287 g/mol. The molecular formula is C15H13NO5. The summed E-state index contributed by atoms with van der Waals surface area (Å²) < 4.78 is 9.32. The number of methoxy groups -OCH3 is 2. The first-order chi connectivity index (χ1) is 10.1. The van der Waals surface area contributed by atoms with Gasteiger partial charge >= 0.3 is 11.9 Å². The molecule has 0 radical (unpaired) electrons. The van der Waals surface area contributed by atoms with E-state index < -0.39 is 17.5 Å². The van der Waals surface area contributed by atoms with Gasteiger partial charge in [-0.3, -0.25) is 4.79 Å². The maximum Gasteiger partial charge on any atom is 0.340 e. The molecule has 6 nitrogen and oxygen atoms in total. The molecular weight excluding hydrogens is 274 g/mol. The molecule has 1 heterocycles. The third-order valence-corrected chi connectivity index (χ3v) is 2.95. The van der Waals surface area contributed by atoms with E-state index in [9.17, 15) is 14.4 Å². The smallest absolute Gasteiger partial charge is 0.340 e. The number of hydrogen-bond donors (Lipinski definition) is 1. The van der Waals surface area contributed by atoms with Gasteiger partial charge in [-0.2, -0.15) is 0 Å². The van der Waals surface area contributed by atoms with Gasteiger partial charge in [-0.25, -0.2) is 9.59 Å². The molecule has 0 atom stereocenters. The highest BCUT2D eigenvalue weighted by Gasteiger charge is 2.25. The number of ether oxygens (including phenoxy) is 2. The van der Waals surface area contributed by atoms with Crippen LogP contribution in [0.3, 0.4) is 0 Å². The second-order valence-electron chi connectivity index (χ2n) is 4.13. The molecule has 1 N–H and O–H groups in total. The molecule has 21 heavy (non-hydrogen) atoms. The second kappa shape index (κ2) is 6.04. The van der Waals surface area contributed by atoms with Crippen molar-refractivity contribution in [3.63, 3.8) is 0 Å². The van der Waals surface area contributed by atoms with Crippen LogP contribution in [0.15, 0.2) is 41.3 Å². The molecule has 108 valence electrons. The lowest BCUT2D eigenvalue weighted by molar-refractivity contribution is 0.0555. The minimum Gasteiger partial charge on any atom is -0.465 e. The Bertz CT molecular complexity index is 733. The Morgan fingerprint density at radius 1 is 1.00 bits per heavy atom. The molecule has 2 rings (SSSR count). The summed E-state index contributed by atoms with van der Waals surface area (Å²) in [5.41, 5.74) is -0.0772. The van der Waals surface area contributed by atoms with Crippen LogP contribution < -0.4 is 5.56 Å². The average Bonchev–Trinajstić information content (AvgIpc) is 2.53. The Hall–Kier alpha value is -2.89. The Labute approximate surface area is 120 Å². The number of carbonyl (C=O) groups excluding carboxylic acids is 2. The lowest BCUT2D eigenvalue weighted by Gasteiger charge is -2.11.